The van der Waals surface area contributed by atoms with Crippen LogP contribution in [0.3, 0.4) is 0 Å². The summed E-state index contributed by atoms with van der Waals surface area (Å²) in [5.41, 5.74) is 2.83. The third-order valence-corrected chi connectivity index (χ3v) is 3.55. The number of carboxylic acid groups (broad SMARTS) is 2. The van der Waals surface area contributed by atoms with Crippen LogP contribution in [0.4, 0.5) is 0 Å². The predicted molar refractivity (Wildman–Crippen MR) is 110 cm³/mol. The van der Waals surface area contributed by atoms with E-state index in [4.69, 9.17) is 20.0 Å². The lowest BCUT2D eigenvalue weighted by Gasteiger charge is -2.04. The Bertz CT molecular complexity index is 843. The van der Waals surface area contributed by atoms with Crippen LogP contribution in [0.25, 0.3) is 0 Å². The second-order valence-electron chi connectivity index (χ2n) is 6.46. The SMILES string of the molecule is CC(C)C(=O)OOP(=O)(O)O.Cc1ccc(C(=O)O)cc1.Cc1ccc(C(=O)O)cc1. The normalized spacial score (nSPS) is 10.2. The van der Waals surface area contributed by atoms with Crippen LogP contribution in [-0.4, -0.2) is 37.9 Å². The molecular formula is C20H25O10P. The van der Waals surface area contributed by atoms with E-state index < -0.39 is 31.6 Å². The van der Waals surface area contributed by atoms with Gasteiger partial charge >= 0.3 is 25.7 Å². The number of rotatable bonds is 5. The van der Waals surface area contributed by atoms with E-state index in [1.54, 1.807) is 48.5 Å². The molecule has 0 heterocycles. The first kappa shape index (κ1) is 28.0. The van der Waals surface area contributed by atoms with Gasteiger partial charge in [-0.25, -0.2) is 18.9 Å². The fourth-order valence-corrected chi connectivity index (χ4v) is 1.74. The van der Waals surface area contributed by atoms with Crippen molar-refractivity contribution in [2.24, 2.45) is 5.92 Å². The summed E-state index contributed by atoms with van der Waals surface area (Å²) in [6, 6.07) is 13.5. The number of hydrogen-bond donors (Lipinski definition) is 4. The third kappa shape index (κ3) is 13.7. The van der Waals surface area contributed by atoms with Crippen molar-refractivity contribution in [1.82, 2.24) is 0 Å². The van der Waals surface area contributed by atoms with Gasteiger partial charge in [-0.1, -0.05) is 53.9 Å². The minimum absolute atomic E-state index is 0.339. The second-order valence-corrected chi connectivity index (χ2v) is 7.59. The van der Waals surface area contributed by atoms with Crippen LogP contribution in [0, 0.1) is 19.8 Å². The number of aromatic carboxylic acids is 2. The van der Waals surface area contributed by atoms with Gasteiger partial charge in [-0.15, -0.1) is 0 Å². The molecule has 0 amide bonds. The first-order valence-electron chi connectivity index (χ1n) is 8.78. The molecular weight excluding hydrogens is 431 g/mol. The maximum atomic E-state index is 10.5. The first-order chi connectivity index (χ1) is 14.2. The predicted octanol–water partition coefficient (Wildman–Crippen LogP) is 3.60. The van der Waals surface area contributed by atoms with Gasteiger partial charge in [0.2, 0.25) is 0 Å². The average molecular weight is 456 g/mol. The molecule has 0 aromatic heterocycles. The van der Waals surface area contributed by atoms with E-state index in [1.165, 1.54) is 13.8 Å². The number of carbonyl (C=O) groups excluding carboxylic acids is 1. The van der Waals surface area contributed by atoms with Crippen LogP contribution in [0.5, 0.6) is 0 Å². The highest BCUT2D eigenvalue weighted by molar-refractivity contribution is 7.46. The van der Waals surface area contributed by atoms with E-state index >= 15 is 0 Å². The molecule has 0 saturated heterocycles. The van der Waals surface area contributed by atoms with E-state index in [-0.39, 0.29) is 0 Å². The van der Waals surface area contributed by atoms with Crippen LogP contribution >= 0.6 is 7.82 Å². The van der Waals surface area contributed by atoms with Gasteiger partial charge < -0.3 is 20.0 Å². The van der Waals surface area contributed by atoms with Gasteiger partial charge in [-0.2, -0.15) is 0 Å². The second kappa shape index (κ2) is 13.3. The summed E-state index contributed by atoms with van der Waals surface area (Å²) >= 11 is 0. The van der Waals surface area contributed by atoms with Crippen LogP contribution in [0.2, 0.25) is 0 Å². The lowest BCUT2D eigenvalue weighted by Crippen LogP contribution is -2.10. The fraction of sp³-hybridized carbons (Fsp3) is 0.250. The zero-order chi connectivity index (χ0) is 24.2. The summed E-state index contributed by atoms with van der Waals surface area (Å²) in [5, 5.41) is 17.0. The van der Waals surface area contributed by atoms with Crippen molar-refractivity contribution in [3.8, 4) is 0 Å². The molecule has 31 heavy (non-hydrogen) atoms. The Hall–Kier alpha value is -3.04. The van der Waals surface area contributed by atoms with Gasteiger partial charge in [0.05, 0.1) is 17.0 Å². The number of benzene rings is 2. The highest BCUT2D eigenvalue weighted by Gasteiger charge is 2.20. The van der Waals surface area contributed by atoms with Gasteiger partial charge in [-0.3, -0.25) is 4.89 Å². The number of hydrogen-bond acceptors (Lipinski definition) is 6. The number of carboxylic acids is 2. The number of carbonyl (C=O) groups is 3. The molecule has 2 aromatic rings. The summed E-state index contributed by atoms with van der Waals surface area (Å²) in [7, 11) is -4.70. The molecule has 0 radical (unpaired) electrons. The smallest absolute Gasteiger partial charge is 0.478 e. The zero-order valence-electron chi connectivity index (χ0n) is 17.4. The van der Waals surface area contributed by atoms with Crippen molar-refractivity contribution in [2.45, 2.75) is 27.7 Å². The van der Waals surface area contributed by atoms with E-state index in [9.17, 15) is 18.9 Å². The summed E-state index contributed by atoms with van der Waals surface area (Å²) in [6.07, 6.45) is 0. The van der Waals surface area contributed by atoms with Crippen LogP contribution in [-0.2, 0) is 18.9 Å². The largest absolute Gasteiger partial charge is 0.505 e. The average Bonchev–Trinajstić information content (AvgIpc) is 2.67. The van der Waals surface area contributed by atoms with Crippen molar-refractivity contribution in [1.29, 1.82) is 0 Å². The molecule has 0 atom stereocenters. The molecule has 0 fully saturated rings. The van der Waals surface area contributed by atoms with Crippen LogP contribution < -0.4 is 0 Å². The zero-order valence-corrected chi connectivity index (χ0v) is 18.3. The fourth-order valence-electron chi connectivity index (χ4n) is 1.57. The Morgan fingerprint density at radius 2 is 1.10 bits per heavy atom. The number of aryl methyl sites for hydroxylation is 2. The molecule has 0 unspecified atom stereocenters. The summed E-state index contributed by atoms with van der Waals surface area (Å²) < 4.78 is 13.4. The highest BCUT2D eigenvalue weighted by Crippen LogP contribution is 2.36. The molecule has 2 rings (SSSR count). The molecule has 10 nitrogen and oxygen atoms in total. The molecule has 4 N–H and O–H groups in total. The third-order valence-electron chi connectivity index (χ3n) is 3.28. The topological polar surface area (TPSA) is 168 Å². The Morgan fingerprint density at radius 3 is 1.32 bits per heavy atom. The van der Waals surface area contributed by atoms with Crippen molar-refractivity contribution in [2.75, 3.05) is 0 Å². The van der Waals surface area contributed by atoms with Crippen LogP contribution in [0.15, 0.2) is 48.5 Å². The molecule has 0 aliphatic carbocycles. The quantitative estimate of drug-likeness (QED) is 0.296. The van der Waals surface area contributed by atoms with Gasteiger partial charge in [-0.05, 0) is 38.1 Å². The molecule has 0 bridgehead atoms. The maximum Gasteiger partial charge on any atom is 0.505 e. The Kier molecular flexibility index (Phi) is 12.0. The van der Waals surface area contributed by atoms with Gasteiger partial charge in [0.1, 0.15) is 0 Å². The van der Waals surface area contributed by atoms with E-state index in [2.05, 4.69) is 9.56 Å². The first-order valence-corrected chi connectivity index (χ1v) is 10.3. The molecule has 0 aliphatic rings. The maximum absolute atomic E-state index is 10.5. The molecule has 0 aliphatic heterocycles. The van der Waals surface area contributed by atoms with Crippen molar-refractivity contribution < 1.29 is 48.5 Å². The Labute approximate surface area is 179 Å². The van der Waals surface area contributed by atoms with Crippen LogP contribution in [0.1, 0.15) is 45.7 Å². The monoisotopic (exact) mass is 456 g/mol. The molecule has 0 spiro atoms. The molecule has 11 heteroatoms. The van der Waals surface area contributed by atoms with E-state index in [0.29, 0.717) is 11.1 Å². The number of phosphoric acid groups is 1. The molecule has 170 valence electrons. The van der Waals surface area contributed by atoms with E-state index in [1.807, 2.05) is 13.8 Å². The summed E-state index contributed by atoms with van der Waals surface area (Å²) in [6.45, 7) is 6.86. The standard InChI is InChI=1S/2C8H8O2.C4H9O6P/c2*1-6-2-4-7(5-3-6)8(9)10;1-3(2)4(5)9-10-11(6,7)8/h2*2-5H,1H3,(H,9,10);3H,1-2H3,(H2,6,7,8). The minimum Gasteiger partial charge on any atom is -0.478 e. The van der Waals surface area contributed by atoms with E-state index in [0.717, 1.165) is 11.1 Å². The molecule has 0 saturated carbocycles. The highest BCUT2D eigenvalue weighted by atomic mass is 31.2. The lowest BCUT2D eigenvalue weighted by molar-refractivity contribution is -0.226. The van der Waals surface area contributed by atoms with Crippen molar-refractivity contribution in [3.05, 3.63) is 70.8 Å². The van der Waals surface area contributed by atoms with Gasteiger partial charge in [0.25, 0.3) is 0 Å². The van der Waals surface area contributed by atoms with Crippen molar-refractivity contribution in [3.63, 3.8) is 0 Å². The molecule has 2 aromatic carbocycles. The summed E-state index contributed by atoms with van der Waals surface area (Å²) in [4.78, 5) is 51.0. The Morgan fingerprint density at radius 1 is 0.774 bits per heavy atom. The van der Waals surface area contributed by atoms with Gasteiger partial charge in [0, 0.05) is 0 Å². The van der Waals surface area contributed by atoms with Crippen molar-refractivity contribution >= 4 is 25.7 Å². The van der Waals surface area contributed by atoms with Gasteiger partial charge in [0.15, 0.2) is 0 Å². The lowest BCUT2D eigenvalue weighted by atomic mass is 10.2. The minimum atomic E-state index is -4.70. The summed E-state index contributed by atoms with van der Waals surface area (Å²) in [5.74, 6) is -3.06. The Balaban J connectivity index is 0.000000436.